The van der Waals surface area contributed by atoms with Crippen molar-refractivity contribution in [3.8, 4) is 0 Å². The molecule has 0 fully saturated rings. The predicted octanol–water partition coefficient (Wildman–Crippen LogP) is 3.07. The highest BCUT2D eigenvalue weighted by atomic mass is 127. The molecular weight excluding hydrogens is 533 g/mol. The third kappa shape index (κ3) is 12.7. The number of carbonyl (C=O) groups excluding carboxylic acids is 1. The molecule has 0 aliphatic rings. The highest BCUT2D eigenvalue weighted by Crippen LogP contribution is 2.16. The zero-order valence-corrected chi connectivity index (χ0v) is 18.6. The minimum absolute atomic E-state index is 0. The smallest absolute Gasteiger partial charge is 0.367 e. The lowest BCUT2D eigenvalue weighted by Gasteiger charge is -2.20. The molecule has 1 amide bonds. The van der Waals surface area contributed by atoms with Crippen molar-refractivity contribution in [2.45, 2.75) is 25.5 Å². The van der Waals surface area contributed by atoms with Crippen LogP contribution in [0.15, 0.2) is 29.3 Å². The Balaban J connectivity index is 0.00000841. The molecule has 0 spiro atoms. The Bertz CT molecular complexity index is 680. The number of aliphatic imine (C=N–C) groups is 1. The number of hydrogen-bond acceptors (Lipinski definition) is 3. The van der Waals surface area contributed by atoms with Crippen molar-refractivity contribution in [3.05, 3.63) is 35.4 Å². The number of guanidine groups is 1. The molecule has 0 aromatic heterocycles. The van der Waals surface area contributed by atoms with E-state index in [1.807, 2.05) is 0 Å². The number of amides is 1. The van der Waals surface area contributed by atoms with Gasteiger partial charge in [-0.1, -0.05) is 24.3 Å². The van der Waals surface area contributed by atoms with E-state index in [4.69, 9.17) is 0 Å². The molecule has 1 aromatic carbocycles. The fourth-order valence-corrected chi connectivity index (χ4v) is 2.10. The Morgan fingerprint density at radius 3 is 2.10 bits per heavy atom. The van der Waals surface area contributed by atoms with E-state index in [1.165, 1.54) is 7.05 Å². The zero-order valence-electron chi connectivity index (χ0n) is 16.2. The van der Waals surface area contributed by atoms with E-state index < -0.39 is 31.4 Å². The van der Waals surface area contributed by atoms with Crippen molar-refractivity contribution in [2.24, 2.45) is 4.99 Å². The summed E-state index contributed by atoms with van der Waals surface area (Å²) in [7, 11) is 2.48. The second-order valence-electron chi connectivity index (χ2n) is 6.07. The molecule has 2 N–H and O–H groups in total. The Morgan fingerprint density at radius 1 is 1.03 bits per heavy atom. The first kappa shape index (κ1) is 28.2. The number of nitrogens with one attached hydrogen (secondary N) is 2. The first-order chi connectivity index (χ1) is 13.4. The first-order valence-electron chi connectivity index (χ1n) is 8.37. The van der Waals surface area contributed by atoms with Gasteiger partial charge in [0, 0.05) is 20.6 Å². The molecule has 0 aliphatic carbocycles. The molecule has 0 bridgehead atoms. The van der Waals surface area contributed by atoms with Crippen LogP contribution in [0.4, 0.5) is 26.3 Å². The largest absolute Gasteiger partial charge is 0.411 e. The first-order valence-corrected chi connectivity index (χ1v) is 8.37. The van der Waals surface area contributed by atoms with E-state index in [0.29, 0.717) is 10.5 Å². The number of rotatable bonds is 8. The van der Waals surface area contributed by atoms with Crippen molar-refractivity contribution in [1.82, 2.24) is 15.5 Å². The molecule has 0 atom stereocenters. The lowest BCUT2D eigenvalue weighted by molar-refractivity contribution is -0.176. The highest BCUT2D eigenvalue weighted by molar-refractivity contribution is 14.0. The van der Waals surface area contributed by atoms with Crippen molar-refractivity contribution in [3.63, 3.8) is 0 Å². The number of ether oxygens (including phenoxy) is 1. The number of carbonyl (C=O) groups is 1. The van der Waals surface area contributed by atoms with Crippen LogP contribution in [0.2, 0.25) is 0 Å². The molecule has 30 heavy (non-hydrogen) atoms. The minimum Gasteiger partial charge on any atom is -0.367 e. The molecule has 1 rings (SSSR count). The lowest BCUT2D eigenvalue weighted by Crippen LogP contribution is -2.45. The Morgan fingerprint density at radius 2 is 1.60 bits per heavy atom. The van der Waals surface area contributed by atoms with Gasteiger partial charge in [-0.15, -0.1) is 24.0 Å². The monoisotopic (exact) mass is 556 g/mol. The summed E-state index contributed by atoms with van der Waals surface area (Å²) in [4.78, 5) is 16.1. The van der Waals surface area contributed by atoms with Gasteiger partial charge in [0.05, 0.1) is 13.2 Å². The molecule has 0 saturated carbocycles. The molecule has 0 unspecified atom stereocenters. The van der Waals surface area contributed by atoms with Gasteiger partial charge in [0.1, 0.15) is 13.2 Å². The van der Waals surface area contributed by atoms with Crippen LogP contribution in [0, 0.1) is 0 Å². The topological polar surface area (TPSA) is 66.0 Å². The van der Waals surface area contributed by atoms with Crippen molar-refractivity contribution < 1.29 is 35.9 Å². The van der Waals surface area contributed by atoms with Gasteiger partial charge >= 0.3 is 12.4 Å². The van der Waals surface area contributed by atoms with Gasteiger partial charge in [-0.25, -0.2) is 0 Å². The number of nitrogens with zero attached hydrogens (tertiary/aromatic N) is 2. The van der Waals surface area contributed by atoms with Crippen LogP contribution in [-0.4, -0.2) is 62.9 Å². The Labute approximate surface area is 187 Å². The maximum absolute atomic E-state index is 12.3. The summed E-state index contributed by atoms with van der Waals surface area (Å²) in [5, 5.41) is 5.49. The summed E-state index contributed by atoms with van der Waals surface area (Å²) in [5.74, 6) is -0.551. The van der Waals surface area contributed by atoms with Gasteiger partial charge in [0.15, 0.2) is 5.96 Å². The van der Waals surface area contributed by atoms with Gasteiger partial charge in [-0.05, 0) is 11.1 Å². The number of hydrogen-bond donors (Lipinski definition) is 2. The third-order valence-corrected chi connectivity index (χ3v) is 3.49. The second-order valence-corrected chi connectivity index (χ2v) is 6.07. The van der Waals surface area contributed by atoms with E-state index in [1.54, 1.807) is 24.3 Å². The maximum Gasteiger partial charge on any atom is 0.411 e. The predicted molar refractivity (Wildman–Crippen MR) is 109 cm³/mol. The van der Waals surface area contributed by atoms with Crippen LogP contribution in [0.1, 0.15) is 11.1 Å². The summed E-state index contributed by atoms with van der Waals surface area (Å²) in [6.07, 6.45) is -8.86. The summed E-state index contributed by atoms with van der Waals surface area (Å²) >= 11 is 0. The van der Waals surface area contributed by atoms with Crippen molar-refractivity contribution >= 4 is 35.8 Å². The SMILES string of the molecule is CN=C(NCC(=O)N(C)CC(F)(F)F)NCc1ccc(COCC(F)(F)F)cc1.I. The van der Waals surface area contributed by atoms with Gasteiger partial charge < -0.3 is 20.3 Å². The minimum atomic E-state index is -4.48. The van der Waals surface area contributed by atoms with Gasteiger partial charge in [0.2, 0.25) is 5.91 Å². The average molecular weight is 556 g/mol. The van der Waals surface area contributed by atoms with Gasteiger partial charge in [0.25, 0.3) is 0 Å². The molecule has 0 aliphatic heterocycles. The van der Waals surface area contributed by atoms with E-state index in [0.717, 1.165) is 12.6 Å². The average Bonchev–Trinajstić information content (AvgIpc) is 2.60. The Kier molecular flexibility index (Phi) is 12.1. The highest BCUT2D eigenvalue weighted by Gasteiger charge is 2.31. The quantitative estimate of drug-likeness (QED) is 0.224. The Hall–Kier alpha value is -1.77. The second kappa shape index (κ2) is 12.8. The van der Waals surface area contributed by atoms with Crippen LogP contribution in [-0.2, 0) is 22.7 Å². The fourth-order valence-electron chi connectivity index (χ4n) is 2.10. The van der Waals surface area contributed by atoms with Gasteiger partial charge in [-0.2, -0.15) is 26.3 Å². The fraction of sp³-hybridized carbons (Fsp3) is 0.529. The van der Waals surface area contributed by atoms with Crippen LogP contribution < -0.4 is 10.6 Å². The van der Waals surface area contributed by atoms with E-state index >= 15 is 0 Å². The number of halogens is 7. The standard InChI is InChI=1S/C17H22F6N4O2.HI/c1-24-15(26-8-14(28)27(2)10-16(18,19)20)25-7-12-3-5-13(6-4-12)9-29-11-17(21,22)23;/h3-6H,7-11H2,1-2H3,(H2,24,25,26);1H. The summed E-state index contributed by atoms with van der Waals surface area (Å²) < 4.78 is 77.5. The van der Waals surface area contributed by atoms with Gasteiger partial charge in [-0.3, -0.25) is 9.79 Å². The van der Waals surface area contributed by atoms with Crippen LogP contribution in [0.25, 0.3) is 0 Å². The van der Waals surface area contributed by atoms with E-state index in [-0.39, 0.29) is 49.6 Å². The van der Waals surface area contributed by atoms with Crippen molar-refractivity contribution in [1.29, 1.82) is 0 Å². The molecule has 0 saturated heterocycles. The molecule has 0 radical (unpaired) electrons. The summed E-state index contributed by atoms with van der Waals surface area (Å²) in [6, 6.07) is 6.57. The maximum atomic E-state index is 12.3. The number of likely N-dealkylation sites (N-methyl/N-ethyl adjacent to an activating group) is 1. The summed E-state index contributed by atoms with van der Waals surface area (Å²) in [6.45, 7) is -2.95. The zero-order chi connectivity index (χ0) is 22.1. The molecule has 0 heterocycles. The number of alkyl halides is 6. The van der Waals surface area contributed by atoms with Crippen LogP contribution in [0.3, 0.4) is 0 Å². The molecular formula is C17H23F6IN4O2. The molecule has 6 nitrogen and oxygen atoms in total. The molecule has 172 valence electrons. The normalized spacial score (nSPS) is 12.2. The lowest BCUT2D eigenvalue weighted by atomic mass is 10.1. The van der Waals surface area contributed by atoms with E-state index in [9.17, 15) is 31.1 Å². The molecule has 13 heteroatoms. The third-order valence-electron chi connectivity index (χ3n) is 3.49. The van der Waals surface area contributed by atoms with Crippen molar-refractivity contribution in [2.75, 3.05) is 33.8 Å². The summed E-state index contributed by atoms with van der Waals surface area (Å²) in [5.41, 5.74) is 1.34. The number of benzene rings is 1. The van der Waals surface area contributed by atoms with Crippen LogP contribution >= 0.6 is 24.0 Å². The van der Waals surface area contributed by atoms with Crippen LogP contribution in [0.5, 0.6) is 0 Å². The molecule has 1 aromatic rings. The van der Waals surface area contributed by atoms with E-state index in [2.05, 4.69) is 20.4 Å².